The zero-order valence-corrected chi connectivity index (χ0v) is 17.8. The Hall–Kier alpha value is -2.63. The van der Waals surface area contributed by atoms with Crippen LogP contribution in [0.3, 0.4) is 0 Å². The van der Waals surface area contributed by atoms with Crippen LogP contribution >= 0.6 is 0 Å². The van der Waals surface area contributed by atoms with Crippen molar-refractivity contribution in [2.24, 2.45) is 5.92 Å². The Morgan fingerprint density at radius 3 is 2.65 bits per heavy atom. The lowest BCUT2D eigenvalue weighted by molar-refractivity contribution is -0.141. The highest BCUT2D eigenvalue weighted by Crippen LogP contribution is 2.37. The number of ether oxygens (including phenoxy) is 2. The number of carbonyl (C=O) groups excluding carboxylic acids is 1. The number of amides is 1. The fraction of sp³-hybridized carbons (Fsp3) is 0.423. The predicted octanol–water partition coefficient (Wildman–Crippen LogP) is 4.20. The first-order valence-corrected chi connectivity index (χ1v) is 11.2. The van der Waals surface area contributed by atoms with Crippen LogP contribution in [0.2, 0.25) is 0 Å². The molecule has 31 heavy (non-hydrogen) atoms. The van der Waals surface area contributed by atoms with Crippen molar-refractivity contribution in [1.29, 1.82) is 0 Å². The van der Waals surface area contributed by atoms with Crippen LogP contribution in [-0.2, 0) is 26.1 Å². The van der Waals surface area contributed by atoms with E-state index in [1.54, 1.807) is 6.26 Å². The Morgan fingerprint density at radius 1 is 0.968 bits per heavy atom. The minimum absolute atomic E-state index is 0.221. The first-order chi connectivity index (χ1) is 15.3. The maximum Gasteiger partial charge on any atom is 0.233 e. The Kier molecular flexibility index (Phi) is 5.79. The van der Waals surface area contributed by atoms with Crippen molar-refractivity contribution in [2.45, 2.75) is 24.7 Å². The normalized spacial score (nSPS) is 21.7. The van der Waals surface area contributed by atoms with Crippen LogP contribution in [0.5, 0.6) is 0 Å². The second-order valence-corrected chi connectivity index (χ2v) is 8.71. The molecule has 2 saturated heterocycles. The molecule has 3 heterocycles. The molecule has 1 amide bonds. The predicted molar refractivity (Wildman–Crippen MR) is 119 cm³/mol. The maximum atomic E-state index is 14.0. The van der Waals surface area contributed by atoms with Crippen molar-refractivity contribution in [1.82, 2.24) is 4.90 Å². The van der Waals surface area contributed by atoms with Crippen molar-refractivity contribution in [3.8, 4) is 0 Å². The van der Waals surface area contributed by atoms with Crippen molar-refractivity contribution in [2.75, 3.05) is 39.5 Å². The first-order valence-electron chi connectivity index (χ1n) is 11.2. The summed E-state index contributed by atoms with van der Waals surface area (Å²) >= 11 is 0. The Labute approximate surface area is 182 Å². The molecule has 0 saturated carbocycles. The van der Waals surface area contributed by atoms with Crippen LogP contribution in [0.15, 0.2) is 65.3 Å². The standard InChI is InChI=1S/C26H29NO4/c28-25(26(10-14-29-15-11-26)22-6-2-1-3-7-22)27-12-16-30-19-20(18-27)17-21-5-4-8-24-23(21)9-13-31-24/h1-9,13,20H,10-12,14-19H2. The summed E-state index contributed by atoms with van der Waals surface area (Å²) in [5, 5.41) is 1.15. The number of fused-ring (bicyclic) bond motifs is 1. The topological polar surface area (TPSA) is 51.9 Å². The molecule has 3 aromatic rings. The molecule has 2 aliphatic rings. The van der Waals surface area contributed by atoms with Crippen LogP contribution < -0.4 is 0 Å². The van der Waals surface area contributed by atoms with Gasteiger partial charge in [-0.3, -0.25) is 4.79 Å². The van der Waals surface area contributed by atoms with Crippen LogP contribution in [0.4, 0.5) is 0 Å². The number of carbonyl (C=O) groups is 1. The molecule has 0 radical (unpaired) electrons. The summed E-state index contributed by atoms with van der Waals surface area (Å²) in [6.07, 6.45) is 4.06. The molecule has 5 nitrogen and oxygen atoms in total. The van der Waals surface area contributed by atoms with E-state index in [1.165, 1.54) is 5.56 Å². The number of nitrogens with zero attached hydrogens (tertiary/aromatic N) is 1. The molecule has 0 aliphatic carbocycles. The average molecular weight is 420 g/mol. The van der Waals surface area contributed by atoms with Crippen LogP contribution in [0.1, 0.15) is 24.0 Å². The van der Waals surface area contributed by atoms with E-state index in [1.807, 2.05) is 41.3 Å². The minimum atomic E-state index is -0.501. The van der Waals surface area contributed by atoms with Crippen molar-refractivity contribution in [3.05, 3.63) is 72.0 Å². The molecule has 5 rings (SSSR count). The molecule has 1 aromatic heterocycles. The molecule has 162 valence electrons. The highest BCUT2D eigenvalue weighted by molar-refractivity contribution is 5.88. The number of rotatable bonds is 4. The number of benzene rings is 2. The third-order valence-electron chi connectivity index (χ3n) is 6.80. The van der Waals surface area contributed by atoms with Gasteiger partial charge in [0.1, 0.15) is 5.58 Å². The second kappa shape index (κ2) is 8.85. The molecule has 1 unspecified atom stereocenters. The summed E-state index contributed by atoms with van der Waals surface area (Å²) < 4.78 is 17.1. The van der Waals surface area contributed by atoms with Gasteiger partial charge in [0.15, 0.2) is 0 Å². The van der Waals surface area contributed by atoms with Gasteiger partial charge >= 0.3 is 0 Å². The summed E-state index contributed by atoms with van der Waals surface area (Å²) in [7, 11) is 0. The molecule has 0 bridgehead atoms. The van der Waals surface area contributed by atoms with E-state index < -0.39 is 5.41 Å². The van der Waals surface area contributed by atoms with Crippen LogP contribution in [0, 0.1) is 5.92 Å². The number of hydrogen-bond acceptors (Lipinski definition) is 4. The van der Waals surface area contributed by atoms with E-state index in [9.17, 15) is 4.79 Å². The van der Waals surface area contributed by atoms with Gasteiger partial charge in [0.05, 0.1) is 24.9 Å². The summed E-state index contributed by atoms with van der Waals surface area (Å²) in [5.41, 5.74) is 2.76. The molecular formula is C26H29NO4. The monoisotopic (exact) mass is 419 g/mol. The maximum absolute atomic E-state index is 14.0. The van der Waals surface area contributed by atoms with Gasteiger partial charge in [-0.2, -0.15) is 0 Å². The summed E-state index contributed by atoms with van der Waals surface area (Å²) in [6, 6.07) is 18.5. The fourth-order valence-electron chi connectivity index (χ4n) is 5.14. The van der Waals surface area contributed by atoms with Crippen LogP contribution in [-0.4, -0.2) is 50.3 Å². The summed E-state index contributed by atoms with van der Waals surface area (Å²) in [4.78, 5) is 16.0. The lowest BCUT2D eigenvalue weighted by Crippen LogP contribution is -2.51. The van der Waals surface area contributed by atoms with Gasteiger partial charge in [0.25, 0.3) is 0 Å². The molecular weight excluding hydrogens is 390 g/mol. The third kappa shape index (κ3) is 4.00. The summed E-state index contributed by atoms with van der Waals surface area (Å²) in [5.74, 6) is 0.471. The third-order valence-corrected chi connectivity index (χ3v) is 6.80. The SMILES string of the molecule is O=C(N1CCOCC(Cc2cccc3occc23)C1)C1(c2ccccc2)CCOCC1. The van der Waals surface area contributed by atoms with Gasteiger partial charge in [-0.05, 0) is 42.5 Å². The smallest absolute Gasteiger partial charge is 0.233 e. The highest BCUT2D eigenvalue weighted by atomic mass is 16.5. The van der Waals surface area contributed by atoms with Crippen molar-refractivity contribution >= 4 is 16.9 Å². The van der Waals surface area contributed by atoms with Gasteiger partial charge in [0, 0.05) is 37.6 Å². The van der Waals surface area contributed by atoms with Gasteiger partial charge in [-0.15, -0.1) is 0 Å². The largest absolute Gasteiger partial charge is 0.464 e. The zero-order valence-electron chi connectivity index (χ0n) is 17.8. The molecule has 0 N–H and O–H groups in total. The van der Waals surface area contributed by atoms with Gasteiger partial charge in [0.2, 0.25) is 5.91 Å². The lowest BCUT2D eigenvalue weighted by Gasteiger charge is -2.40. The first kappa shape index (κ1) is 20.3. The van der Waals surface area contributed by atoms with Crippen LogP contribution in [0.25, 0.3) is 11.0 Å². The molecule has 2 aliphatic heterocycles. The molecule has 2 aromatic carbocycles. The molecule has 0 spiro atoms. The van der Waals surface area contributed by atoms with Crippen molar-refractivity contribution < 1.29 is 18.7 Å². The van der Waals surface area contributed by atoms with E-state index in [4.69, 9.17) is 13.9 Å². The fourth-order valence-corrected chi connectivity index (χ4v) is 5.14. The quantitative estimate of drug-likeness (QED) is 0.636. The Morgan fingerprint density at radius 2 is 1.81 bits per heavy atom. The highest BCUT2D eigenvalue weighted by Gasteiger charge is 2.44. The van der Waals surface area contributed by atoms with E-state index in [0.29, 0.717) is 39.5 Å². The molecule has 1 atom stereocenters. The van der Waals surface area contributed by atoms with E-state index >= 15 is 0 Å². The Balaban J connectivity index is 1.39. The van der Waals surface area contributed by atoms with E-state index in [0.717, 1.165) is 35.8 Å². The number of hydrogen-bond donors (Lipinski definition) is 0. The lowest BCUT2D eigenvalue weighted by atomic mass is 9.73. The molecule has 5 heteroatoms. The van der Waals surface area contributed by atoms with Gasteiger partial charge < -0.3 is 18.8 Å². The van der Waals surface area contributed by atoms with Gasteiger partial charge in [-0.25, -0.2) is 0 Å². The van der Waals surface area contributed by atoms with E-state index in [2.05, 4.69) is 18.2 Å². The summed E-state index contributed by atoms with van der Waals surface area (Å²) in [6.45, 7) is 3.84. The average Bonchev–Trinajstić information content (AvgIpc) is 3.20. The zero-order chi connectivity index (χ0) is 21.1. The van der Waals surface area contributed by atoms with Crippen molar-refractivity contribution in [3.63, 3.8) is 0 Å². The van der Waals surface area contributed by atoms with Gasteiger partial charge in [-0.1, -0.05) is 42.5 Å². The Bertz CT molecular complexity index is 1020. The number of furan rings is 1. The minimum Gasteiger partial charge on any atom is -0.464 e. The second-order valence-electron chi connectivity index (χ2n) is 8.71. The van der Waals surface area contributed by atoms with E-state index in [-0.39, 0.29) is 11.8 Å². The molecule has 2 fully saturated rings.